The molecule has 0 saturated carbocycles. The molecule has 1 aromatic heterocycles. The van der Waals surface area contributed by atoms with Crippen LogP contribution in [0.25, 0.3) is 16.7 Å². The zero-order chi connectivity index (χ0) is 17.3. The summed E-state index contributed by atoms with van der Waals surface area (Å²) in [4.78, 5) is 12.6. The molecule has 8 heteroatoms. The number of nitrogens with one attached hydrogen (secondary N) is 2. The van der Waals surface area contributed by atoms with Crippen LogP contribution in [0.4, 0.5) is 5.69 Å². The number of nitrogens with zero attached hydrogens (tertiary/aromatic N) is 3. The standard InChI is InChI=1S/C16H14ClN5OS/c1-9-7-14-15(8-13(9)19-16(24)18-10(2)23)21-22(20-14)12-5-3-11(17)4-6-12/h3-8H,1-2H3,(H2,18,19,23,24). The largest absolute Gasteiger partial charge is 0.332 e. The van der Waals surface area contributed by atoms with Gasteiger partial charge in [0.2, 0.25) is 5.91 Å². The van der Waals surface area contributed by atoms with E-state index in [0.29, 0.717) is 10.5 Å². The maximum absolute atomic E-state index is 11.1. The summed E-state index contributed by atoms with van der Waals surface area (Å²) in [6, 6.07) is 11.0. The lowest BCUT2D eigenvalue weighted by molar-refractivity contribution is -0.117. The number of rotatable bonds is 2. The van der Waals surface area contributed by atoms with Crippen LogP contribution in [-0.2, 0) is 4.79 Å². The maximum Gasteiger partial charge on any atom is 0.222 e. The van der Waals surface area contributed by atoms with Gasteiger partial charge in [0.1, 0.15) is 11.0 Å². The number of aromatic nitrogens is 3. The highest BCUT2D eigenvalue weighted by Crippen LogP contribution is 2.22. The smallest absolute Gasteiger partial charge is 0.222 e. The monoisotopic (exact) mass is 359 g/mol. The topological polar surface area (TPSA) is 71.8 Å². The van der Waals surface area contributed by atoms with Gasteiger partial charge >= 0.3 is 0 Å². The number of hydrogen-bond acceptors (Lipinski definition) is 4. The zero-order valence-electron chi connectivity index (χ0n) is 13.0. The zero-order valence-corrected chi connectivity index (χ0v) is 14.6. The third-order valence-electron chi connectivity index (χ3n) is 3.32. The number of anilines is 1. The summed E-state index contributed by atoms with van der Waals surface area (Å²) in [5.41, 5.74) is 4.00. The predicted octanol–water partition coefficient (Wildman–Crippen LogP) is 3.22. The van der Waals surface area contributed by atoms with Gasteiger partial charge in [0.15, 0.2) is 5.11 Å². The lowest BCUT2D eigenvalue weighted by Crippen LogP contribution is -2.32. The molecule has 1 heterocycles. The van der Waals surface area contributed by atoms with Crippen LogP contribution in [-0.4, -0.2) is 26.0 Å². The number of thiocarbonyl (C=S) groups is 1. The number of fused-ring (bicyclic) bond motifs is 1. The first-order valence-corrected chi connectivity index (χ1v) is 7.93. The molecule has 1 amide bonds. The van der Waals surface area contributed by atoms with Crippen molar-refractivity contribution >= 4 is 51.6 Å². The highest BCUT2D eigenvalue weighted by atomic mass is 35.5. The van der Waals surface area contributed by atoms with Crippen LogP contribution in [0.2, 0.25) is 5.02 Å². The average Bonchev–Trinajstić information content (AvgIpc) is 2.90. The molecule has 0 atom stereocenters. The molecule has 0 fully saturated rings. The summed E-state index contributed by atoms with van der Waals surface area (Å²) in [7, 11) is 0. The molecule has 24 heavy (non-hydrogen) atoms. The Labute approximate surface area is 148 Å². The number of carbonyl (C=O) groups is 1. The molecule has 0 aliphatic carbocycles. The lowest BCUT2D eigenvalue weighted by atomic mass is 10.2. The van der Waals surface area contributed by atoms with E-state index in [-0.39, 0.29) is 11.0 Å². The minimum absolute atomic E-state index is 0.222. The molecule has 0 unspecified atom stereocenters. The number of hydrogen-bond donors (Lipinski definition) is 2. The van der Waals surface area contributed by atoms with Crippen molar-refractivity contribution < 1.29 is 4.79 Å². The van der Waals surface area contributed by atoms with Gasteiger partial charge in [0.05, 0.1) is 5.69 Å². The molecular formula is C16H14ClN5OS. The van der Waals surface area contributed by atoms with E-state index in [1.165, 1.54) is 6.92 Å². The quantitative estimate of drug-likeness (QED) is 0.687. The van der Waals surface area contributed by atoms with Gasteiger partial charge < -0.3 is 10.6 Å². The van der Waals surface area contributed by atoms with Gasteiger partial charge in [0, 0.05) is 17.6 Å². The molecule has 0 aliphatic rings. The molecule has 6 nitrogen and oxygen atoms in total. The molecule has 2 aromatic carbocycles. The molecule has 3 rings (SSSR count). The van der Waals surface area contributed by atoms with Crippen LogP contribution in [0.1, 0.15) is 12.5 Å². The van der Waals surface area contributed by atoms with E-state index in [9.17, 15) is 4.79 Å². The van der Waals surface area contributed by atoms with Crippen LogP contribution < -0.4 is 10.6 Å². The van der Waals surface area contributed by atoms with Crippen LogP contribution >= 0.6 is 23.8 Å². The number of carbonyl (C=O) groups excluding carboxylic acids is 1. The Hall–Kier alpha value is -2.51. The van der Waals surface area contributed by atoms with Gasteiger partial charge in [-0.05, 0) is 61.1 Å². The molecule has 122 valence electrons. The molecular weight excluding hydrogens is 346 g/mol. The highest BCUT2D eigenvalue weighted by Gasteiger charge is 2.10. The van der Waals surface area contributed by atoms with Crippen molar-refractivity contribution in [2.75, 3.05) is 5.32 Å². The fourth-order valence-electron chi connectivity index (χ4n) is 2.21. The van der Waals surface area contributed by atoms with Crippen molar-refractivity contribution in [1.29, 1.82) is 0 Å². The van der Waals surface area contributed by atoms with E-state index in [1.807, 2.05) is 31.2 Å². The summed E-state index contributed by atoms with van der Waals surface area (Å²) < 4.78 is 0. The molecule has 0 bridgehead atoms. The second-order valence-corrected chi connectivity index (χ2v) is 6.10. The second-order valence-electron chi connectivity index (χ2n) is 5.26. The van der Waals surface area contributed by atoms with Crippen molar-refractivity contribution in [3.8, 4) is 5.69 Å². The van der Waals surface area contributed by atoms with Crippen LogP contribution in [0.15, 0.2) is 36.4 Å². The van der Waals surface area contributed by atoms with E-state index in [4.69, 9.17) is 23.8 Å². The number of halogens is 1. The lowest BCUT2D eigenvalue weighted by Gasteiger charge is -2.10. The van der Waals surface area contributed by atoms with E-state index in [0.717, 1.165) is 22.5 Å². The predicted molar refractivity (Wildman–Crippen MR) is 98.6 cm³/mol. The van der Waals surface area contributed by atoms with Gasteiger partial charge in [0.25, 0.3) is 0 Å². The average molecular weight is 360 g/mol. The van der Waals surface area contributed by atoms with Gasteiger partial charge in [-0.15, -0.1) is 10.2 Å². The molecule has 0 saturated heterocycles. The summed E-state index contributed by atoms with van der Waals surface area (Å²) in [6.45, 7) is 3.33. The van der Waals surface area contributed by atoms with Crippen molar-refractivity contribution in [1.82, 2.24) is 20.3 Å². The van der Waals surface area contributed by atoms with E-state index >= 15 is 0 Å². The van der Waals surface area contributed by atoms with Gasteiger partial charge in [-0.3, -0.25) is 4.79 Å². The van der Waals surface area contributed by atoms with Crippen molar-refractivity contribution in [3.63, 3.8) is 0 Å². The normalized spacial score (nSPS) is 10.6. The Balaban J connectivity index is 1.94. The Morgan fingerprint density at radius 1 is 1.17 bits per heavy atom. The van der Waals surface area contributed by atoms with Crippen molar-refractivity contribution in [2.24, 2.45) is 0 Å². The van der Waals surface area contributed by atoms with Crippen molar-refractivity contribution in [3.05, 3.63) is 47.0 Å². The van der Waals surface area contributed by atoms with Crippen LogP contribution in [0.5, 0.6) is 0 Å². The van der Waals surface area contributed by atoms with Gasteiger partial charge in [-0.1, -0.05) is 11.6 Å². The first-order chi connectivity index (χ1) is 11.4. The Morgan fingerprint density at radius 3 is 2.42 bits per heavy atom. The number of aryl methyl sites for hydroxylation is 1. The summed E-state index contributed by atoms with van der Waals surface area (Å²) >= 11 is 11.0. The summed E-state index contributed by atoms with van der Waals surface area (Å²) in [6.07, 6.45) is 0. The SMILES string of the molecule is CC(=O)NC(=S)Nc1cc2nn(-c3ccc(Cl)cc3)nc2cc1C. The molecule has 0 radical (unpaired) electrons. The maximum atomic E-state index is 11.1. The Bertz CT molecular complexity index is 936. The van der Waals surface area contributed by atoms with E-state index in [1.54, 1.807) is 16.9 Å². The summed E-state index contributed by atoms with van der Waals surface area (Å²) in [5, 5.41) is 15.4. The third-order valence-corrected chi connectivity index (χ3v) is 3.78. The minimum Gasteiger partial charge on any atom is -0.332 e. The highest BCUT2D eigenvalue weighted by molar-refractivity contribution is 7.80. The van der Waals surface area contributed by atoms with Crippen LogP contribution in [0.3, 0.4) is 0 Å². The van der Waals surface area contributed by atoms with E-state index < -0.39 is 0 Å². The molecule has 0 aliphatic heterocycles. The van der Waals surface area contributed by atoms with Crippen LogP contribution in [0, 0.1) is 6.92 Å². The number of amides is 1. The fraction of sp³-hybridized carbons (Fsp3) is 0.125. The fourth-order valence-corrected chi connectivity index (χ4v) is 2.59. The first-order valence-electron chi connectivity index (χ1n) is 7.14. The number of benzene rings is 2. The van der Waals surface area contributed by atoms with Gasteiger partial charge in [-0.25, -0.2) is 0 Å². The second kappa shape index (κ2) is 6.54. The minimum atomic E-state index is -0.222. The third kappa shape index (κ3) is 3.52. The summed E-state index contributed by atoms with van der Waals surface area (Å²) in [5.74, 6) is -0.222. The Kier molecular flexibility index (Phi) is 4.46. The molecule has 0 spiro atoms. The molecule has 2 N–H and O–H groups in total. The van der Waals surface area contributed by atoms with E-state index in [2.05, 4.69) is 20.8 Å². The molecule has 3 aromatic rings. The van der Waals surface area contributed by atoms with Gasteiger partial charge in [-0.2, -0.15) is 4.80 Å². The first kappa shape index (κ1) is 16.4. The Morgan fingerprint density at radius 2 is 1.79 bits per heavy atom. The van der Waals surface area contributed by atoms with Crippen molar-refractivity contribution in [2.45, 2.75) is 13.8 Å².